The lowest BCUT2D eigenvalue weighted by molar-refractivity contribution is 0.355. The Balaban J connectivity index is 1.99. The van der Waals surface area contributed by atoms with Crippen molar-refractivity contribution in [2.24, 2.45) is 11.3 Å². The van der Waals surface area contributed by atoms with Crippen LogP contribution >= 0.6 is 0 Å². The Morgan fingerprint density at radius 3 is 2.46 bits per heavy atom. The summed E-state index contributed by atoms with van der Waals surface area (Å²) in [4.78, 5) is 7.58. The second kappa shape index (κ2) is 12.2. The molecule has 1 heterocycles. The molecule has 0 unspecified atom stereocenters. The summed E-state index contributed by atoms with van der Waals surface area (Å²) in [6.45, 7) is 16.8. The van der Waals surface area contributed by atoms with Crippen LogP contribution in [0.5, 0.6) is 0 Å². The summed E-state index contributed by atoms with van der Waals surface area (Å²) in [6, 6.07) is 9.00. The number of benzene rings is 1. The Morgan fingerprint density at radius 1 is 1.11 bits per heavy atom. The van der Waals surface area contributed by atoms with E-state index in [1.807, 2.05) is 0 Å². The van der Waals surface area contributed by atoms with Crippen molar-refractivity contribution in [3.05, 3.63) is 53.4 Å². The van der Waals surface area contributed by atoms with E-state index in [0.717, 1.165) is 49.4 Å². The van der Waals surface area contributed by atoms with Crippen molar-refractivity contribution in [3.63, 3.8) is 0 Å². The van der Waals surface area contributed by atoms with E-state index in [-0.39, 0.29) is 5.41 Å². The van der Waals surface area contributed by atoms with Gasteiger partial charge in [-0.15, -0.1) is 0 Å². The quantitative estimate of drug-likeness (QED) is 0.309. The molecule has 2 aromatic rings. The van der Waals surface area contributed by atoms with Gasteiger partial charge in [-0.1, -0.05) is 66.5 Å². The highest BCUT2D eigenvalue weighted by atomic mass is 15.1. The molecule has 188 valence electrons. The molecule has 0 aliphatic heterocycles. The average Bonchev–Trinajstić information content (AvgIpc) is 3.13. The highest BCUT2D eigenvalue weighted by Crippen LogP contribution is 2.38. The second-order valence-corrected chi connectivity index (χ2v) is 11.3. The Hall–Kier alpha value is -2.80. The van der Waals surface area contributed by atoms with Crippen LogP contribution in [0, 0.1) is 22.7 Å². The first kappa shape index (κ1) is 26.8. The fraction of sp³-hybridized carbons (Fsp3) is 0.548. The molecule has 1 aliphatic carbocycles. The van der Waals surface area contributed by atoms with Crippen LogP contribution in [-0.4, -0.2) is 22.6 Å². The first-order valence-corrected chi connectivity index (χ1v) is 13.5. The molecule has 1 aromatic carbocycles. The highest BCUT2D eigenvalue weighted by molar-refractivity contribution is 5.82. The van der Waals surface area contributed by atoms with Crippen molar-refractivity contribution < 1.29 is 0 Å². The predicted molar refractivity (Wildman–Crippen MR) is 150 cm³/mol. The zero-order valence-corrected chi connectivity index (χ0v) is 22.8. The van der Waals surface area contributed by atoms with Gasteiger partial charge in [0.1, 0.15) is 5.82 Å². The van der Waals surface area contributed by atoms with Crippen molar-refractivity contribution in [1.82, 2.24) is 9.55 Å². The minimum Gasteiger partial charge on any atom is -0.371 e. The van der Waals surface area contributed by atoms with Gasteiger partial charge in [-0.3, -0.25) is 0 Å². The number of anilines is 1. The van der Waals surface area contributed by atoms with Gasteiger partial charge in [0.05, 0.1) is 17.1 Å². The molecule has 0 bridgehead atoms. The summed E-state index contributed by atoms with van der Waals surface area (Å²) < 4.78 is 2.39. The van der Waals surface area contributed by atoms with E-state index in [9.17, 15) is 0 Å². The predicted octanol–water partition coefficient (Wildman–Crippen LogP) is 8.31. The molecule has 0 spiro atoms. The molecule has 0 saturated heterocycles. The third-order valence-corrected chi connectivity index (χ3v) is 6.67. The van der Waals surface area contributed by atoms with Gasteiger partial charge in [-0.2, -0.15) is 5.26 Å². The zero-order valence-electron chi connectivity index (χ0n) is 22.8. The first-order chi connectivity index (χ1) is 16.8. The normalized spacial score (nSPS) is 16.9. The van der Waals surface area contributed by atoms with E-state index in [4.69, 9.17) is 10.2 Å². The maximum Gasteiger partial charge on any atom is 0.133 e. The number of aromatic nitrogens is 2. The maximum atomic E-state index is 9.15. The zero-order chi connectivity index (χ0) is 25.4. The molecule has 0 atom stereocenters. The SMILES string of the molecule is CCCCN(CCCC)c1ccc2nc(/C=C/C3=CC(=C/C#N)/CC(C)(C)C3)n(CC(C)C)c2c1. The lowest BCUT2D eigenvalue weighted by atomic mass is 9.75. The molecule has 0 N–H and O–H groups in total. The Kier molecular flexibility index (Phi) is 9.38. The van der Waals surface area contributed by atoms with Gasteiger partial charge < -0.3 is 9.47 Å². The number of nitriles is 1. The fourth-order valence-electron chi connectivity index (χ4n) is 5.05. The number of hydrogen-bond acceptors (Lipinski definition) is 3. The molecule has 4 nitrogen and oxygen atoms in total. The maximum absolute atomic E-state index is 9.15. The summed E-state index contributed by atoms with van der Waals surface area (Å²) >= 11 is 0. The van der Waals surface area contributed by atoms with E-state index >= 15 is 0 Å². The molecule has 0 saturated carbocycles. The molecule has 0 fully saturated rings. The molecular weight excluding hydrogens is 428 g/mol. The van der Waals surface area contributed by atoms with Gasteiger partial charge in [0.15, 0.2) is 0 Å². The van der Waals surface area contributed by atoms with Crippen LogP contribution in [-0.2, 0) is 6.54 Å². The Labute approximate surface area is 213 Å². The number of nitrogens with zero attached hydrogens (tertiary/aromatic N) is 4. The summed E-state index contributed by atoms with van der Waals surface area (Å²) in [5.41, 5.74) is 6.12. The van der Waals surface area contributed by atoms with Gasteiger partial charge in [0.25, 0.3) is 0 Å². The standard InChI is InChI=1S/C31H44N4/c1-7-9-17-34(18-10-8-2)27-12-13-28-29(20-27)35(23-24(3)4)30(33-28)14-11-25-19-26(15-16-32)22-31(5,6)21-25/h11-15,19-20,24H,7-10,17-18,21-23H2,1-6H3/b14-11+,26-15-. The van der Waals surface area contributed by atoms with Crippen molar-refractivity contribution in [2.45, 2.75) is 86.6 Å². The second-order valence-electron chi connectivity index (χ2n) is 11.3. The Morgan fingerprint density at radius 2 is 1.83 bits per heavy atom. The first-order valence-electron chi connectivity index (χ1n) is 13.5. The molecule has 1 aromatic heterocycles. The van der Waals surface area contributed by atoms with Crippen LogP contribution in [0.15, 0.2) is 47.6 Å². The van der Waals surface area contributed by atoms with Gasteiger partial charge in [0, 0.05) is 31.4 Å². The van der Waals surface area contributed by atoms with Crippen LogP contribution in [0.1, 0.15) is 85.9 Å². The lowest BCUT2D eigenvalue weighted by Crippen LogP contribution is -2.25. The number of unbranched alkanes of at least 4 members (excludes halogenated alkanes) is 2. The van der Waals surface area contributed by atoms with Crippen LogP contribution in [0.2, 0.25) is 0 Å². The lowest BCUT2D eigenvalue weighted by Gasteiger charge is -2.30. The van der Waals surface area contributed by atoms with E-state index in [1.54, 1.807) is 6.08 Å². The summed E-state index contributed by atoms with van der Waals surface area (Å²) in [5.74, 6) is 1.53. The Bertz CT molecular complexity index is 1110. The number of allylic oxidation sites excluding steroid dienone is 5. The van der Waals surface area contributed by atoms with Crippen molar-refractivity contribution in [1.29, 1.82) is 5.26 Å². The van der Waals surface area contributed by atoms with Crippen molar-refractivity contribution in [3.8, 4) is 6.07 Å². The van der Waals surface area contributed by atoms with Gasteiger partial charge in [-0.05, 0) is 72.4 Å². The number of rotatable bonds is 11. The molecule has 0 amide bonds. The molecular formula is C31H44N4. The number of fused-ring (bicyclic) bond motifs is 1. The van der Waals surface area contributed by atoms with Gasteiger partial charge in [0.2, 0.25) is 0 Å². The molecule has 4 heteroatoms. The summed E-state index contributed by atoms with van der Waals surface area (Å²) in [5, 5.41) is 9.15. The largest absolute Gasteiger partial charge is 0.371 e. The van der Waals surface area contributed by atoms with E-state index < -0.39 is 0 Å². The monoisotopic (exact) mass is 472 g/mol. The highest BCUT2D eigenvalue weighted by Gasteiger charge is 2.24. The fourth-order valence-corrected chi connectivity index (χ4v) is 5.05. The third-order valence-electron chi connectivity index (χ3n) is 6.67. The van der Waals surface area contributed by atoms with E-state index in [2.05, 4.69) is 93.5 Å². The average molecular weight is 473 g/mol. The van der Waals surface area contributed by atoms with E-state index in [0.29, 0.717) is 5.92 Å². The molecule has 3 rings (SSSR count). The summed E-state index contributed by atoms with van der Waals surface area (Å²) in [6.07, 6.45) is 15.1. The topological polar surface area (TPSA) is 44.9 Å². The van der Waals surface area contributed by atoms with Gasteiger partial charge >= 0.3 is 0 Å². The van der Waals surface area contributed by atoms with Crippen LogP contribution < -0.4 is 4.90 Å². The minimum absolute atomic E-state index is 0.157. The number of hydrogen-bond donors (Lipinski definition) is 0. The third kappa shape index (κ3) is 7.34. The van der Waals surface area contributed by atoms with Crippen molar-refractivity contribution in [2.75, 3.05) is 18.0 Å². The molecule has 35 heavy (non-hydrogen) atoms. The minimum atomic E-state index is 0.157. The molecule has 1 aliphatic rings. The van der Waals surface area contributed by atoms with E-state index in [1.165, 1.54) is 42.5 Å². The van der Waals surface area contributed by atoms with Crippen LogP contribution in [0.25, 0.3) is 17.1 Å². The summed E-state index contributed by atoms with van der Waals surface area (Å²) in [7, 11) is 0. The smallest absolute Gasteiger partial charge is 0.133 e. The molecule has 0 radical (unpaired) electrons. The van der Waals surface area contributed by atoms with Crippen LogP contribution in [0.4, 0.5) is 5.69 Å². The van der Waals surface area contributed by atoms with Crippen molar-refractivity contribution >= 4 is 22.8 Å². The number of imidazole rings is 1. The van der Waals surface area contributed by atoms with Crippen LogP contribution in [0.3, 0.4) is 0 Å². The van der Waals surface area contributed by atoms with Gasteiger partial charge in [-0.25, -0.2) is 4.98 Å².